The molecule has 2 heterocycles. The van der Waals surface area contributed by atoms with Crippen LogP contribution in [0.4, 0.5) is 15.9 Å². The minimum absolute atomic E-state index is 0.0378. The number of carboxylic acid groups (broad SMARTS) is 1. The smallest absolute Gasteiger partial charge is 0.305 e. The van der Waals surface area contributed by atoms with Gasteiger partial charge in [-0.1, -0.05) is 32.0 Å². The molecule has 0 aliphatic heterocycles. The highest BCUT2D eigenvalue weighted by Crippen LogP contribution is 2.35. The van der Waals surface area contributed by atoms with E-state index in [2.05, 4.69) is 24.1 Å². The lowest BCUT2D eigenvalue weighted by atomic mass is 9.92. The summed E-state index contributed by atoms with van der Waals surface area (Å²) in [7, 11) is 0. The molecule has 2 aromatic carbocycles. The molecule has 3 unspecified atom stereocenters. The van der Waals surface area contributed by atoms with Gasteiger partial charge in [-0.05, 0) is 68.1 Å². The average Bonchev–Trinajstić information content (AvgIpc) is 3.31. The molecule has 8 nitrogen and oxygen atoms in total. The summed E-state index contributed by atoms with van der Waals surface area (Å²) in [5, 5.41) is 37.9. The number of rotatable bonds is 13. The molecule has 210 valence electrons. The molecule has 0 spiro atoms. The number of halogens is 1. The van der Waals surface area contributed by atoms with Crippen LogP contribution in [-0.2, 0) is 11.2 Å². The zero-order chi connectivity index (χ0) is 28.6. The monoisotopic (exact) mass is 546 g/mol. The molecule has 4 aromatic rings. The summed E-state index contributed by atoms with van der Waals surface area (Å²) < 4.78 is 15.7. The third kappa shape index (κ3) is 7.31. The molecule has 4 rings (SSSR count). The Balaban J connectivity index is 1.75. The highest BCUT2D eigenvalue weighted by Gasteiger charge is 2.25. The minimum atomic E-state index is -1.13. The molecule has 2 aromatic heterocycles. The van der Waals surface area contributed by atoms with Gasteiger partial charge in [-0.15, -0.1) is 0 Å². The van der Waals surface area contributed by atoms with E-state index in [4.69, 9.17) is 10.2 Å². The number of nitrogens with zero attached hydrogens (tertiary/aromatic N) is 3. The standard InChI is InChI=1S/C31H35FN4O4/c1-3-20(2)30-27(14-13-25(37)18-26(38)19-29(39)40)31(21-9-11-22(32)12-10-21)36(35-30)24-15-16-33-28(17-24)34-23-7-5-4-6-8-23/h4-12,15-17,20,25-26,37-38H,3,13-14,18-19H2,1-2H3,(H,33,34)(H,39,40). The van der Waals surface area contributed by atoms with Gasteiger partial charge in [-0.25, -0.2) is 14.1 Å². The van der Waals surface area contributed by atoms with Crippen molar-refractivity contribution in [3.8, 4) is 16.9 Å². The van der Waals surface area contributed by atoms with Crippen molar-refractivity contribution in [2.45, 2.75) is 64.1 Å². The lowest BCUT2D eigenvalue weighted by molar-refractivity contribution is -0.139. The number of carboxylic acids is 1. The average molecular weight is 547 g/mol. The molecular weight excluding hydrogens is 511 g/mol. The van der Waals surface area contributed by atoms with Crippen LogP contribution in [0, 0.1) is 5.82 Å². The van der Waals surface area contributed by atoms with Crippen molar-refractivity contribution in [2.24, 2.45) is 0 Å². The molecular formula is C31H35FN4O4. The number of aliphatic carboxylic acids is 1. The second-order valence-electron chi connectivity index (χ2n) is 10.0. The van der Waals surface area contributed by atoms with E-state index in [1.165, 1.54) is 12.1 Å². The number of aromatic nitrogens is 3. The normalized spacial score (nSPS) is 13.5. The van der Waals surface area contributed by atoms with Crippen molar-refractivity contribution in [3.63, 3.8) is 0 Å². The first kappa shape index (κ1) is 28.9. The lowest BCUT2D eigenvalue weighted by Gasteiger charge is -2.16. The molecule has 0 radical (unpaired) electrons. The van der Waals surface area contributed by atoms with Crippen molar-refractivity contribution >= 4 is 17.5 Å². The Morgan fingerprint density at radius 2 is 1.77 bits per heavy atom. The van der Waals surface area contributed by atoms with Gasteiger partial charge in [-0.3, -0.25) is 4.79 Å². The number of hydrogen-bond donors (Lipinski definition) is 4. The third-order valence-electron chi connectivity index (χ3n) is 6.93. The summed E-state index contributed by atoms with van der Waals surface area (Å²) >= 11 is 0. The van der Waals surface area contributed by atoms with Gasteiger partial charge in [0.2, 0.25) is 0 Å². The number of pyridine rings is 1. The Kier molecular flexibility index (Phi) is 9.63. The van der Waals surface area contributed by atoms with Crippen LogP contribution in [0.15, 0.2) is 72.9 Å². The fraction of sp³-hybridized carbons (Fsp3) is 0.323. The van der Waals surface area contributed by atoms with Gasteiger partial charge >= 0.3 is 5.97 Å². The summed E-state index contributed by atoms with van der Waals surface area (Å²) in [6.45, 7) is 4.17. The Hall–Kier alpha value is -4.08. The molecule has 0 saturated carbocycles. The predicted octanol–water partition coefficient (Wildman–Crippen LogP) is 5.85. The number of nitrogens with one attached hydrogen (secondary N) is 1. The second kappa shape index (κ2) is 13.3. The SMILES string of the molecule is CCC(C)c1nn(-c2ccnc(Nc3ccccc3)c2)c(-c2ccc(F)cc2)c1CCC(O)CC(O)CC(=O)O. The number of benzene rings is 2. The van der Waals surface area contributed by atoms with Crippen molar-refractivity contribution in [3.05, 3.63) is 90.0 Å². The molecule has 0 aliphatic rings. The lowest BCUT2D eigenvalue weighted by Crippen LogP contribution is -2.21. The molecule has 0 amide bonds. The highest BCUT2D eigenvalue weighted by molar-refractivity contribution is 5.69. The first-order valence-corrected chi connectivity index (χ1v) is 13.5. The highest BCUT2D eigenvalue weighted by atomic mass is 19.1. The van der Waals surface area contributed by atoms with Crippen LogP contribution in [-0.4, -0.2) is 48.3 Å². The first-order valence-electron chi connectivity index (χ1n) is 13.5. The molecule has 0 bridgehead atoms. The van der Waals surface area contributed by atoms with E-state index >= 15 is 0 Å². The van der Waals surface area contributed by atoms with E-state index in [0.29, 0.717) is 18.7 Å². The second-order valence-corrected chi connectivity index (χ2v) is 10.0. The maximum Gasteiger partial charge on any atom is 0.305 e. The number of aliphatic hydroxyl groups is 2. The quantitative estimate of drug-likeness (QED) is 0.166. The summed E-state index contributed by atoms with van der Waals surface area (Å²) in [6.07, 6.45) is 0.792. The Bertz CT molecular complexity index is 1410. The van der Waals surface area contributed by atoms with E-state index in [1.54, 1.807) is 18.3 Å². The van der Waals surface area contributed by atoms with Crippen molar-refractivity contribution in [1.82, 2.24) is 14.8 Å². The molecule has 3 atom stereocenters. The zero-order valence-corrected chi connectivity index (χ0v) is 22.7. The fourth-order valence-corrected chi connectivity index (χ4v) is 4.71. The number of para-hydroxylation sites is 1. The number of carbonyl (C=O) groups is 1. The van der Waals surface area contributed by atoms with Gasteiger partial charge in [0.05, 0.1) is 35.7 Å². The van der Waals surface area contributed by atoms with Crippen LogP contribution in [0.25, 0.3) is 16.9 Å². The molecule has 0 saturated heterocycles. The maximum atomic E-state index is 13.9. The zero-order valence-electron chi connectivity index (χ0n) is 22.7. The Labute approximate surface area is 233 Å². The van der Waals surface area contributed by atoms with Crippen LogP contribution in [0.1, 0.15) is 56.7 Å². The largest absolute Gasteiger partial charge is 0.481 e. The first-order chi connectivity index (χ1) is 19.2. The van der Waals surface area contributed by atoms with Crippen LogP contribution in [0.2, 0.25) is 0 Å². The van der Waals surface area contributed by atoms with Crippen LogP contribution in [0.5, 0.6) is 0 Å². The van der Waals surface area contributed by atoms with Gasteiger partial charge in [0.25, 0.3) is 0 Å². The van der Waals surface area contributed by atoms with Crippen molar-refractivity contribution in [1.29, 1.82) is 0 Å². The van der Waals surface area contributed by atoms with E-state index in [1.807, 2.05) is 47.1 Å². The van der Waals surface area contributed by atoms with Crippen LogP contribution in [0.3, 0.4) is 0 Å². The Morgan fingerprint density at radius 3 is 2.45 bits per heavy atom. The van der Waals surface area contributed by atoms with E-state index < -0.39 is 24.6 Å². The van der Waals surface area contributed by atoms with E-state index in [-0.39, 0.29) is 18.2 Å². The molecule has 0 fully saturated rings. The van der Waals surface area contributed by atoms with Crippen molar-refractivity contribution < 1.29 is 24.5 Å². The summed E-state index contributed by atoms with van der Waals surface area (Å²) in [5.74, 6) is -0.718. The van der Waals surface area contributed by atoms with Gasteiger partial charge in [0.1, 0.15) is 11.6 Å². The fourth-order valence-electron chi connectivity index (χ4n) is 4.71. The topological polar surface area (TPSA) is 121 Å². The van der Waals surface area contributed by atoms with E-state index in [0.717, 1.165) is 40.3 Å². The molecule has 40 heavy (non-hydrogen) atoms. The number of anilines is 2. The Morgan fingerprint density at radius 1 is 1.05 bits per heavy atom. The minimum Gasteiger partial charge on any atom is -0.481 e. The van der Waals surface area contributed by atoms with Gasteiger partial charge in [-0.2, -0.15) is 5.10 Å². The van der Waals surface area contributed by atoms with Crippen LogP contribution >= 0.6 is 0 Å². The number of aliphatic hydroxyl groups excluding tert-OH is 2. The van der Waals surface area contributed by atoms with Gasteiger partial charge in [0, 0.05) is 35.0 Å². The summed E-state index contributed by atoms with van der Waals surface area (Å²) in [6, 6.07) is 19.7. The molecule has 0 aliphatic carbocycles. The van der Waals surface area contributed by atoms with E-state index in [9.17, 15) is 19.4 Å². The third-order valence-corrected chi connectivity index (χ3v) is 6.93. The molecule has 9 heteroatoms. The van der Waals surface area contributed by atoms with Crippen molar-refractivity contribution in [2.75, 3.05) is 5.32 Å². The van der Waals surface area contributed by atoms with Crippen LogP contribution < -0.4 is 5.32 Å². The predicted molar refractivity (Wildman–Crippen MR) is 152 cm³/mol. The molecule has 4 N–H and O–H groups in total. The van der Waals surface area contributed by atoms with Gasteiger partial charge < -0.3 is 20.6 Å². The summed E-state index contributed by atoms with van der Waals surface area (Å²) in [4.78, 5) is 15.4. The summed E-state index contributed by atoms with van der Waals surface area (Å²) in [5.41, 5.74) is 5.00. The number of hydrogen-bond acceptors (Lipinski definition) is 6. The maximum absolute atomic E-state index is 13.9. The van der Waals surface area contributed by atoms with Gasteiger partial charge in [0.15, 0.2) is 0 Å².